The zero-order chi connectivity index (χ0) is 10.8. The van der Waals surface area contributed by atoms with Crippen LogP contribution in [0.25, 0.3) is 11.4 Å². The Kier molecular flexibility index (Phi) is 2.60. The van der Waals surface area contributed by atoms with E-state index in [0.29, 0.717) is 16.8 Å². The highest BCUT2D eigenvalue weighted by molar-refractivity contribution is 6.33. The molecule has 2 rings (SSSR count). The van der Waals surface area contributed by atoms with Crippen LogP contribution in [-0.4, -0.2) is 21.8 Å². The van der Waals surface area contributed by atoms with Crippen LogP contribution in [0.1, 0.15) is 0 Å². The van der Waals surface area contributed by atoms with Crippen molar-refractivity contribution in [2.24, 2.45) is 7.05 Å². The first-order valence-electron chi connectivity index (χ1n) is 4.56. The molecule has 1 heterocycles. The lowest BCUT2D eigenvalue weighted by atomic mass is 10.2. The zero-order valence-corrected chi connectivity index (χ0v) is 9.28. The highest BCUT2D eigenvalue weighted by Gasteiger charge is 2.10. The highest BCUT2D eigenvalue weighted by atomic mass is 35.5. The van der Waals surface area contributed by atoms with Gasteiger partial charge in [0.2, 0.25) is 5.95 Å². The van der Waals surface area contributed by atoms with E-state index in [0.717, 1.165) is 5.56 Å². The number of nitrogens with one attached hydrogen (secondary N) is 1. The van der Waals surface area contributed by atoms with Crippen molar-refractivity contribution in [3.63, 3.8) is 0 Å². The molecule has 0 saturated heterocycles. The molecule has 0 aliphatic heterocycles. The minimum atomic E-state index is 0.632. The van der Waals surface area contributed by atoms with E-state index >= 15 is 0 Å². The van der Waals surface area contributed by atoms with Gasteiger partial charge in [0.25, 0.3) is 0 Å². The molecule has 0 unspecified atom stereocenters. The molecule has 0 atom stereocenters. The molecule has 5 heteroatoms. The first-order chi connectivity index (χ1) is 7.22. The third kappa shape index (κ3) is 1.80. The fraction of sp³-hybridized carbons (Fsp3) is 0.200. The fourth-order valence-electron chi connectivity index (χ4n) is 1.36. The molecule has 1 aromatic carbocycles. The molecule has 0 amide bonds. The van der Waals surface area contributed by atoms with E-state index in [-0.39, 0.29) is 0 Å². The van der Waals surface area contributed by atoms with Gasteiger partial charge in [-0.15, -0.1) is 5.10 Å². The number of nitrogens with zero attached hydrogens (tertiary/aromatic N) is 3. The van der Waals surface area contributed by atoms with Crippen LogP contribution < -0.4 is 5.32 Å². The molecule has 15 heavy (non-hydrogen) atoms. The standard InChI is InChI=1S/C10H11ClN4/c1-12-10-13-9(14-15(10)2)7-5-3-4-6-8(7)11/h3-6H,1-2H3,(H,12,13,14). The summed E-state index contributed by atoms with van der Waals surface area (Å²) < 4.78 is 1.68. The number of aryl methyl sites for hydroxylation is 1. The third-order valence-corrected chi connectivity index (χ3v) is 2.43. The first kappa shape index (κ1) is 9.98. The summed E-state index contributed by atoms with van der Waals surface area (Å²) in [6.45, 7) is 0. The van der Waals surface area contributed by atoms with Crippen LogP contribution in [0.4, 0.5) is 5.95 Å². The van der Waals surface area contributed by atoms with Gasteiger partial charge in [0.05, 0.1) is 5.02 Å². The Labute approximate surface area is 92.9 Å². The number of anilines is 1. The Morgan fingerprint density at radius 2 is 2.07 bits per heavy atom. The second-order valence-corrected chi connectivity index (χ2v) is 3.52. The molecule has 0 fully saturated rings. The van der Waals surface area contributed by atoms with Gasteiger partial charge in [-0.3, -0.25) is 0 Å². The van der Waals surface area contributed by atoms with Crippen molar-refractivity contribution in [3.8, 4) is 11.4 Å². The van der Waals surface area contributed by atoms with Crippen molar-refractivity contribution in [1.29, 1.82) is 0 Å². The number of aromatic nitrogens is 3. The normalized spacial score (nSPS) is 10.3. The van der Waals surface area contributed by atoms with Crippen molar-refractivity contribution in [3.05, 3.63) is 29.3 Å². The summed E-state index contributed by atoms with van der Waals surface area (Å²) in [5.41, 5.74) is 0.844. The average molecular weight is 223 g/mol. The number of rotatable bonds is 2. The molecule has 4 nitrogen and oxygen atoms in total. The third-order valence-electron chi connectivity index (χ3n) is 2.10. The Morgan fingerprint density at radius 1 is 1.33 bits per heavy atom. The van der Waals surface area contributed by atoms with Gasteiger partial charge in [0.1, 0.15) is 0 Å². The highest BCUT2D eigenvalue weighted by Crippen LogP contribution is 2.25. The van der Waals surface area contributed by atoms with Crippen LogP contribution in [0.5, 0.6) is 0 Å². The maximum absolute atomic E-state index is 6.05. The number of hydrogen-bond donors (Lipinski definition) is 1. The zero-order valence-electron chi connectivity index (χ0n) is 8.53. The van der Waals surface area contributed by atoms with Gasteiger partial charge in [-0.05, 0) is 12.1 Å². The smallest absolute Gasteiger partial charge is 0.221 e. The molecule has 78 valence electrons. The Balaban J connectivity index is 2.50. The fourth-order valence-corrected chi connectivity index (χ4v) is 1.58. The number of benzene rings is 1. The summed E-state index contributed by atoms with van der Waals surface area (Å²) in [6.07, 6.45) is 0. The van der Waals surface area contributed by atoms with E-state index in [1.165, 1.54) is 0 Å². The van der Waals surface area contributed by atoms with Crippen molar-refractivity contribution in [1.82, 2.24) is 14.8 Å². The maximum atomic E-state index is 6.05. The predicted octanol–water partition coefficient (Wildman–Crippen LogP) is 2.18. The Bertz CT molecular complexity index is 478. The van der Waals surface area contributed by atoms with Crippen LogP contribution >= 0.6 is 11.6 Å². The minimum Gasteiger partial charge on any atom is -0.357 e. The summed E-state index contributed by atoms with van der Waals surface area (Å²) in [6, 6.07) is 7.52. The first-order valence-corrected chi connectivity index (χ1v) is 4.94. The van der Waals surface area contributed by atoms with Crippen LogP contribution in [0.15, 0.2) is 24.3 Å². The van der Waals surface area contributed by atoms with E-state index in [9.17, 15) is 0 Å². The van der Waals surface area contributed by atoms with Gasteiger partial charge >= 0.3 is 0 Å². The Hall–Kier alpha value is -1.55. The number of hydrogen-bond acceptors (Lipinski definition) is 3. The van der Waals surface area contributed by atoms with Crippen molar-refractivity contribution >= 4 is 17.5 Å². The molecule has 1 aromatic heterocycles. The minimum absolute atomic E-state index is 0.632. The van der Waals surface area contributed by atoms with E-state index in [4.69, 9.17) is 11.6 Å². The molecular weight excluding hydrogens is 212 g/mol. The van der Waals surface area contributed by atoms with Crippen molar-refractivity contribution < 1.29 is 0 Å². The lowest BCUT2D eigenvalue weighted by molar-refractivity contribution is 0.776. The summed E-state index contributed by atoms with van der Waals surface area (Å²) in [5, 5.41) is 7.88. The van der Waals surface area contributed by atoms with Gasteiger partial charge in [-0.2, -0.15) is 4.98 Å². The largest absolute Gasteiger partial charge is 0.357 e. The summed E-state index contributed by atoms with van der Waals surface area (Å²) in [5.74, 6) is 1.34. The monoisotopic (exact) mass is 222 g/mol. The molecule has 0 saturated carbocycles. The van der Waals surface area contributed by atoms with Crippen LogP contribution in [0.3, 0.4) is 0 Å². The van der Waals surface area contributed by atoms with Crippen LogP contribution in [-0.2, 0) is 7.05 Å². The molecule has 1 N–H and O–H groups in total. The van der Waals surface area contributed by atoms with Crippen LogP contribution in [0.2, 0.25) is 5.02 Å². The molecule has 0 radical (unpaired) electrons. The second kappa shape index (κ2) is 3.90. The number of halogens is 1. The van der Waals surface area contributed by atoms with Gasteiger partial charge < -0.3 is 5.32 Å². The lowest BCUT2D eigenvalue weighted by Crippen LogP contribution is -1.98. The van der Waals surface area contributed by atoms with Gasteiger partial charge in [0, 0.05) is 19.7 Å². The van der Waals surface area contributed by atoms with E-state index < -0.39 is 0 Å². The predicted molar refractivity (Wildman–Crippen MR) is 61.0 cm³/mol. The van der Waals surface area contributed by atoms with Gasteiger partial charge in [0.15, 0.2) is 5.82 Å². The van der Waals surface area contributed by atoms with E-state index in [2.05, 4.69) is 15.4 Å². The van der Waals surface area contributed by atoms with E-state index in [1.807, 2.05) is 31.3 Å². The SMILES string of the molecule is CNc1nc(-c2ccccc2Cl)nn1C. The molecule has 0 aliphatic carbocycles. The topological polar surface area (TPSA) is 42.7 Å². The Morgan fingerprint density at radius 3 is 2.67 bits per heavy atom. The quantitative estimate of drug-likeness (QED) is 0.847. The molecule has 0 aliphatic rings. The van der Waals surface area contributed by atoms with Crippen molar-refractivity contribution in [2.45, 2.75) is 0 Å². The molecule has 0 bridgehead atoms. The maximum Gasteiger partial charge on any atom is 0.221 e. The van der Waals surface area contributed by atoms with Gasteiger partial charge in [-0.25, -0.2) is 4.68 Å². The second-order valence-electron chi connectivity index (χ2n) is 3.11. The molecular formula is C10H11ClN4. The lowest BCUT2D eigenvalue weighted by Gasteiger charge is -1.96. The average Bonchev–Trinajstić information content (AvgIpc) is 2.60. The van der Waals surface area contributed by atoms with Crippen molar-refractivity contribution in [2.75, 3.05) is 12.4 Å². The molecule has 0 spiro atoms. The molecule has 2 aromatic rings. The van der Waals surface area contributed by atoms with Gasteiger partial charge in [-0.1, -0.05) is 23.7 Å². The summed E-state index contributed by atoms with van der Waals surface area (Å²) in [4.78, 5) is 4.32. The summed E-state index contributed by atoms with van der Waals surface area (Å²) in [7, 11) is 3.64. The van der Waals surface area contributed by atoms with E-state index in [1.54, 1.807) is 11.7 Å². The summed E-state index contributed by atoms with van der Waals surface area (Å²) >= 11 is 6.05. The van der Waals surface area contributed by atoms with Crippen LogP contribution in [0, 0.1) is 0 Å².